The number of nitrogens with one attached hydrogen (secondary N) is 1. The predicted octanol–water partition coefficient (Wildman–Crippen LogP) is 3.72. The Balaban J connectivity index is 1.71. The lowest BCUT2D eigenvalue weighted by Crippen LogP contribution is -2.12. The van der Waals surface area contributed by atoms with E-state index >= 15 is 0 Å². The van der Waals surface area contributed by atoms with Crippen molar-refractivity contribution >= 4 is 28.9 Å². The second kappa shape index (κ2) is 7.55. The summed E-state index contributed by atoms with van der Waals surface area (Å²) < 4.78 is 5.53. The fourth-order valence-corrected chi connectivity index (χ4v) is 2.01. The van der Waals surface area contributed by atoms with Crippen LogP contribution in [0.25, 0.3) is 0 Å². The van der Waals surface area contributed by atoms with Crippen LogP contribution in [0.1, 0.15) is 12.8 Å². The van der Waals surface area contributed by atoms with Crippen LogP contribution < -0.4 is 15.8 Å². The molecule has 0 aromatic heterocycles. The van der Waals surface area contributed by atoms with Gasteiger partial charge in [-0.25, -0.2) is 0 Å². The summed E-state index contributed by atoms with van der Waals surface area (Å²) in [5.41, 5.74) is 7.06. The van der Waals surface area contributed by atoms with Crippen LogP contribution >= 0.6 is 11.6 Å². The van der Waals surface area contributed by atoms with E-state index in [1.807, 2.05) is 12.1 Å². The molecule has 4 nitrogen and oxygen atoms in total. The fraction of sp³-hybridized carbons (Fsp3) is 0.188. The van der Waals surface area contributed by atoms with Crippen molar-refractivity contribution in [2.24, 2.45) is 0 Å². The van der Waals surface area contributed by atoms with Crippen molar-refractivity contribution in [1.82, 2.24) is 0 Å². The Morgan fingerprint density at radius 1 is 1.19 bits per heavy atom. The first-order valence-electron chi connectivity index (χ1n) is 6.68. The number of hydrogen-bond acceptors (Lipinski definition) is 3. The van der Waals surface area contributed by atoms with E-state index in [9.17, 15) is 4.79 Å². The highest BCUT2D eigenvalue weighted by molar-refractivity contribution is 6.30. The van der Waals surface area contributed by atoms with E-state index in [4.69, 9.17) is 22.1 Å². The smallest absolute Gasteiger partial charge is 0.224 e. The van der Waals surface area contributed by atoms with E-state index in [0.717, 1.165) is 0 Å². The standard InChI is InChI=1S/C16H17ClN2O2/c17-12-5-3-6-13(11-12)19-16(20)9-4-10-21-15-8-2-1-7-14(15)18/h1-3,5-8,11H,4,9-10,18H2,(H,19,20). The Morgan fingerprint density at radius 3 is 2.76 bits per heavy atom. The summed E-state index contributed by atoms with van der Waals surface area (Å²) in [5.74, 6) is 0.578. The second-order valence-electron chi connectivity index (χ2n) is 4.55. The predicted molar refractivity (Wildman–Crippen MR) is 85.7 cm³/mol. The first-order valence-corrected chi connectivity index (χ1v) is 7.05. The van der Waals surface area contributed by atoms with Gasteiger partial charge in [-0.3, -0.25) is 4.79 Å². The number of para-hydroxylation sites is 2. The largest absolute Gasteiger partial charge is 0.491 e. The number of hydrogen-bond donors (Lipinski definition) is 2. The zero-order chi connectivity index (χ0) is 15.1. The van der Waals surface area contributed by atoms with Crippen LogP contribution in [0.4, 0.5) is 11.4 Å². The van der Waals surface area contributed by atoms with Crippen molar-refractivity contribution in [2.75, 3.05) is 17.7 Å². The summed E-state index contributed by atoms with van der Waals surface area (Å²) in [6.07, 6.45) is 0.986. The Bertz CT molecular complexity index is 617. The highest BCUT2D eigenvalue weighted by Crippen LogP contribution is 2.20. The fourth-order valence-electron chi connectivity index (χ4n) is 1.82. The van der Waals surface area contributed by atoms with Gasteiger partial charge in [0.05, 0.1) is 12.3 Å². The summed E-state index contributed by atoms with van der Waals surface area (Å²) in [7, 11) is 0. The molecule has 0 unspecified atom stereocenters. The number of carbonyl (C=O) groups is 1. The van der Waals surface area contributed by atoms with Gasteiger partial charge in [-0.1, -0.05) is 29.8 Å². The summed E-state index contributed by atoms with van der Waals surface area (Å²) in [6.45, 7) is 0.442. The normalized spacial score (nSPS) is 10.1. The van der Waals surface area contributed by atoms with Gasteiger partial charge in [-0.15, -0.1) is 0 Å². The number of rotatable bonds is 6. The van der Waals surface area contributed by atoms with Crippen molar-refractivity contribution in [3.8, 4) is 5.75 Å². The molecule has 0 aliphatic heterocycles. The molecule has 0 spiro atoms. The van der Waals surface area contributed by atoms with E-state index in [1.54, 1.807) is 36.4 Å². The van der Waals surface area contributed by atoms with Crippen LogP contribution in [0.3, 0.4) is 0 Å². The average Bonchev–Trinajstić information content (AvgIpc) is 2.45. The molecule has 0 aliphatic carbocycles. The van der Waals surface area contributed by atoms with Crippen molar-refractivity contribution in [1.29, 1.82) is 0 Å². The van der Waals surface area contributed by atoms with Crippen LogP contribution in [0.2, 0.25) is 5.02 Å². The number of nitrogen functional groups attached to an aromatic ring is 1. The number of benzene rings is 2. The van der Waals surface area contributed by atoms with Crippen LogP contribution in [0, 0.1) is 0 Å². The van der Waals surface area contributed by atoms with Crippen LogP contribution in [0.15, 0.2) is 48.5 Å². The van der Waals surface area contributed by atoms with Crippen LogP contribution in [0.5, 0.6) is 5.75 Å². The number of anilines is 2. The molecular formula is C16H17ClN2O2. The molecule has 0 heterocycles. The zero-order valence-corrected chi connectivity index (χ0v) is 12.3. The third-order valence-corrected chi connectivity index (χ3v) is 3.07. The first-order chi connectivity index (χ1) is 10.1. The lowest BCUT2D eigenvalue weighted by atomic mass is 10.2. The number of carbonyl (C=O) groups excluding carboxylic acids is 1. The summed E-state index contributed by atoms with van der Waals surface area (Å²) in [6, 6.07) is 14.3. The number of nitrogens with two attached hydrogens (primary N) is 1. The Kier molecular flexibility index (Phi) is 5.46. The minimum Gasteiger partial charge on any atom is -0.491 e. The molecule has 0 saturated carbocycles. The van der Waals surface area contributed by atoms with Crippen molar-refractivity contribution in [2.45, 2.75) is 12.8 Å². The van der Waals surface area contributed by atoms with Crippen LogP contribution in [-0.4, -0.2) is 12.5 Å². The first kappa shape index (κ1) is 15.2. The molecule has 21 heavy (non-hydrogen) atoms. The molecule has 0 atom stereocenters. The Labute approximate surface area is 128 Å². The lowest BCUT2D eigenvalue weighted by Gasteiger charge is -2.09. The minimum absolute atomic E-state index is 0.0677. The minimum atomic E-state index is -0.0677. The maximum absolute atomic E-state index is 11.8. The topological polar surface area (TPSA) is 64.3 Å². The summed E-state index contributed by atoms with van der Waals surface area (Å²) in [5, 5.41) is 3.38. The van der Waals surface area contributed by atoms with Gasteiger partial charge in [0.25, 0.3) is 0 Å². The highest BCUT2D eigenvalue weighted by Gasteiger charge is 2.04. The third-order valence-electron chi connectivity index (χ3n) is 2.83. The molecule has 5 heteroatoms. The Hall–Kier alpha value is -2.20. The molecule has 0 fully saturated rings. The zero-order valence-electron chi connectivity index (χ0n) is 11.5. The van der Waals surface area contributed by atoms with Gasteiger partial charge < -0.3 is 15.8 Å². The number of ether oxygens (including phenoxy) is 1. The second-order valence-corrected chi connectivity index (χ2v) is 4.98. The van der Waals surface area contributed by atoms with Gasteiger partial charge >= 0.3 is 0 Å². The molecule has 2 aromatic carbocycles. The van der Waals surface area contributed by atoms with E-state index in [2.05, 4.69) is 5.32 Å². The monoisotopic (exact) mass is 304 g/mol. The average molecular weight is 305 g/mol. The molecule has 2 rings (SSSR count). The Morgan fingerprint density at radius 2 is 2.00 bits per heavy atom. The van der Waals surface area contributed by atoms with E-state index in [-0.39, 0.29) is 5.91 Å². The van der Waals surface area contributed by atoms with Gasteiger partial charge in [-0.2, -0.15) is 0 Å². The van der Waals surface area contributed by atoms with Gasteiger partial charge in [0.15, 0.2) is 0 Å². The molecule has 0 aliphatic rings. The number of amides is 1. The molecular weight excluding hydrogens is 288 g/mol. The van der Waals surface area contributed by atoms with Crippen molar-refractivity contribution in [3.63, 3.8) is 0 Å². The summed E-state index contributed by atoms with van der Waals surface area (Å²) >= 11 is 5.85. The highest BCUT2D eigenvalue weighted by atomic mass is 35.5. The molecule has 2 aromatic rings. The molecule has 3 N–H and O–H groups in total. The van der Waals surface area contributed by atoms with Gasteiger partial charge in [0.2, 0.25) is 5.91 Å². The molecule has 110 valence electrons. The maximum atomic E-state index is 11.8. The molecule has 0 bridgehead atoms. The van der Waals surface area contributed by atoms with E-state index in [0.29, 0.717) is 41.6 Å². The van der Waals surface area contributed by atoms with E-state index < -0.39 is 0 Å². The van der Waals surface area contributed by atoms with Crippen LogP contribution in [-0.2, 0) is 4.79 Å². The van der Waals surface area contributed by atoms with Gasteiger partial charge in [0.1, 0.15) is 5.75 Å². The van der Waals surface area contributed by atoms with Crippen molar-refractivity contribution in [3.05, 3.63) is 53.6 Å². The maximum Gasteiger partial charge on any atom is 0.224 e. The molecule has 0 radical (unpaired) electrons. The lowest BCUT2D eigenvalue weighted by molar-refractivity contribution is -0.116. The van der Waals surface area contributed by atoms with Gasteiger partial charge in [0, 0.05) is 17.1 Å². The van der Waals surface area contributed by atoms with Gasteiger partial charge in [-0.05, 0) is 36.8 Å². The van der Waals surface area contributed by atoms with E-state index in [1.165, 1.54) is 0 Å². The molecule has 1 amide bonds. The quantitative estimate of drug-likeness (QED) is 0.631. The number of halogens is 1. The van der Waals surface area contributed by atoms with Crippen molar-refractivity contribution < 1.29 is 9.53 Å². The molecule has 0 saturated heterocycles. The third kappa shape index (κ3) is 5.00. The SMILES string of the molecule is Nc1ccccc1OCCCC(=O)Nc1cccc(Cl)c1. The summed E-state index contributed by atoms with van der Waals surface area (Å²) in [4.78, 5) is 11.8.